The molecule has 1 heterocycles. The molecule has 25 heavy (non-hydrogen) atoms. The van der Waals surface area contributed by atoms with E-state index in [0.717, 1.165) is 56.0 Å². The van der Waals surface area contributed by atoms with Crippen LogP contribution in [0, 0.1) is 5.92 Å². The molecule has 0 spiro atoms. The molecule has 0 aromatic carbocycles. The van der Waals surface area contributed by atoms with Gasteiger partial charge in [0.2, 0.25) is 0 Å². The summed E-state index contributed by atoms with van der Waals surface area (Å²) >= 11 is 0. The molecule has 2 rings (SSSR count). The van der Waals surface area contributed by atoms with Gasteiger partial charge in [-0.25, -0.2) is 9.98 Å². The Labute approximate surface area is 168 Å². The van der Waals surface area contributed by atoms with Crippen LogP contribution in [0.2, 0.25) is 0 Å². The smallest absolute Gasteiger partial charge is 0.191 e. The summed E-state index contributed by atoms with van der Waals surface area (Å²) in [5.74, 6) is 2.64. The Morgan fingerprint density at radius 2 is 2.16 bits per heavy atom. The van der Waals surface area contributed by atoms with Gasteiger partial charge in [-0.3, -0.25) is 0 Å². The molecule has 0 aliphatic heterocycles. The van der Waals surface area contributed by atoms with Gasteiger partial charge in [-0.1, -0.05) is 0 Å². The van der Waals surface area contributed by atoms with Crippen LogP contribution in [0.1, 0.15) is 31.7 Å². The lowest BCUT2D eigenvalue weighted by Gasteiger charge is -2.13. The summed E-state index contributed by atoms with van der Waals surface area (Å²) in [5.41, 5.74) is 1.15. The van der Waals surface area contributed by atoms with Gasteiger partial charge in [0, 0.05) is 46.6 Å². The van der Waals surface area contributed by atoms with Gasteiger partial charge in [-0.05, 0) is 49.8 Å². The van der Waals surface area contributed by atoms with E-state index >= 15 is 0 Å². The van der Waals surface area contributed by atoms with Crippen molar-refractivity contribution in [2.75, 3.05) is 45.3 Å². The van der Waals surface area contributed by atoms with Gasteiger partial charge in [0.25, 0.3) is 0 Å². The maximum absolute atomic E-state index is 5.65. The van der Waals surface area contributed by atoms with E-state index in [2.05, 4.69) is 33.6 Å². The lowest BCUT2D eigenvalue weighted by molar-refractivity contribution is 0.123. The van der Waals surface area contributed by atoms with Crippen LogP contribution in [0.25, 0.3) is 0 Å². The van der Waals surface area contributed by atoms with Crippen molar-refractivity contribution >= 4 is 35.8 Å². The number of aromatic nitrogens is 1. The summed E-state index contributed by atoms with van der Waals surface area (Å²) < 4.78 is 5.65. The second-order valence-corrected chi connectivity index (χ2v) is 6.41. The summed E-state index contributed by atoms with van der Waals surface area (Å²) in [4.78, 5) is 11.0. The summed E-state index contributed by atoms with van der Waals surface area (Å²) in [5, 5.41) is 6.65. The Balaban J connectivity index is 0.00000312. The number of anilines is 1. The first-order valence-electron chi connectivity index (χ1n) is 8.91. The lowest BCUT2D eigenvalue weighted by Crippen LogP contribution is -2.38. The molecule has 142 valence electrons. The number of hydrogen-bond donors (Lipinski definition) is 2. The zero-order valence-corrected chi connectivity index (χ0v) is 18.0. The van der Waals surface area contributed by atoms with E-state index < -0.39 is 0 Å². The van der Waals surface area contributed by atoms with Crippen LogP contribution in [-0.4, -0.2) is 51.3 Å². The zero-order valence-electron chi connectivity index (χ0n) is 15.6. The van der Waals surface area contributed by atoms with Crippen LogP contribution in [-0.2, 0) is 11.3 Å². The lowest BCUT2D eigenvalue weighted by atomic mass is 10.2. The van der Waals surface area contributed by atoms with Crippen molar-refractivity contribution in [3.63, 3.8) is 0 Å². The van der Waals surface area contributed by atoms with Crippen molar-refractivity contribution in [3.05, 3.63) is 23.9 Å². The first kappa shape index (κ1) is 22.0. The van der Waals surface area contributed by atoms with Crippen molar-refractivity contribution in [2.45, 2.75) is 32.7 Å². The fraction of sp³-hybridized carbons (Fsp3) is 0.667. The van der Waals surface area contributed by atoms with Crippen LogP contribution >= 0.6 is 24.0 Å². The van der Waals surface area contributed by atoms with Gasteiger partial charge >= 0.3 is 0 Å². The number of guanidine groups is 1. The molecule has 0 unspecified atom stereocenters. The molecule has 0 radical (unpaired) electrons. The molecule has 1 fully saturated rings. The highest BCUT2D eigenvalue weighted by Gasteiger charge is 2.20. The fourth-order valence-corrected chi connectivity index (χ4v) is 2.23. The van der Waals surface area contributed by atoms with Crippen LogP contribution < -0.4 is 15.5 Å². The maximum atomic E-state index is 5.65. The zero-order chi connectivity index (χ0) is 17.2. The number of rotatable bonds is 10. The van der Waals surface area contributed by atoms with E-state index in [4.69, 9.17) is 4.74 Å². The maximum Gasteiger partial charge on any atom is 0.191 e. The van der Waals surface area contributed by atoms with Crippen LogP contribution in [0.4, 0.5) is 5.82 Å². The molecule has 1 aliphatic rings. The number of hydrogen-bond acceptors (Lipinski definition) is 4. The van der Waals surface area contributed by atoms with Crippen molar-refractivity contribution in [3.8, 4) is 0 Å². The Hall–Kier alpha value is -1.09. The van der Waals surface area contributed by atoms with Gasteiger partial charge in [-0.2, -0.15) is 0 Å². The predicted molar refractivity (Wildman–Crippen MR) is 115 cm³/mol. The largest absolute Gasteiger partial charge is 0.381 e. The normalized spacial score (nSPS) is 14.0. The van der Waals surface area contributed by atoms with Crippen molar-refractivity contribution in [1.82, 2.24) is 15.6 Å². The molecular formula is C18H32IN5O. The minimum atomic E-state index is 0. The van der Waals surface area contributed by atoms with Crippen LogP contribution in [0.3, 0.4) is 0 Å². The topological polar surface area (TPSA) is 61.8 Å². The minimum Gasteiger partial charge on any atom is -0.381 e. The van der Waals surface area contributed by atoms with E-state index in [1.165, 1.54) is 12.8 Å². The first-order chi connectivity index (χ1) is 11.7. The third kappa shape index (κ3) is 9.25. The average molecular weight is 461 g/mol. The quantitative estimate of drug-likeness (QED) is 0.243. The molecule has 1 aliphatic carbocycles. The third-order valence-corrected chi connectivity index (χ3v) is 3.84. The van der Waals surface area contributed by atoms with E-state index in [-0.39, 0.29) is 24.0 Å². The molecule has 2 N–H and O–H groups in total. The Morgan fingerprint density at radius 1 is 1.36 bits per heavy atom. The highest BCUT2D eigenvalue weighted by atomic mass is 127. The molecule has 0 atom stereocenters. The number of aliphatic imine (C=N–C) groups is 1. The molecule has 0 saturated heterocycles. The van der Waals surface area contributed by atoms with Gasteiger partial charge in [-0.15, -0.1) is 24.0 Å². The standard InChI is InChI=1S/C18H31N5O.HI/c1-4-19-18(21-9-5-11-24-14-15-6-7-15)22-13-16-8-10-20-17(12-16)23(2)3;/h8,10,12,15H,4-7,9,11,13-14H2,1-3H3,(H2,19,21,22);1H. The van der Waals surface area contributed by atoms with Gasteiger partial charge in [0.15, 0.2) is 5.96 Å². The van der Waals surface area contributed by atoms with Crippen molar-refractivity contribution in [1.29, 1.82) is 0 Å². The minimum absolute atomic E-state index is 0. The number of nitrogens with zero attached hydrogens (tertiary/aromatic N) is 3. The molecular weight excluding hydrogens is 429 g/mol. The van der Waals surface area contributed by atoms with Crippen LogP contribution in [0.15, 0.2) is 23.3 Å². The number of ether oxygens (including phenoxy) is 1. The summed E-state index contributed by atoms with van der Waals surface area (Å²) in [6.45, 7) is 6.19. The van der Waals surface area contributed by atoms with Gasteiger partial charge < -0.3 is 20.3 Å². The fourth-order valence-electron chi connectivity index (χ4n) is 2.23. The molecule has 7 heteroatoms. The van der Waals surface area contributed by atoms with Crippen molar-refractivity contribution < 1.29 is 4.74 Å². The van der Waals surface area contributed by atoms with E-state index in [1.54, 1.807) is 0 Å². The highest BCUT2D eigenvalue weighted by Crippen LogP contribution is 2.28. The Morgan fingerprint density at radius 3 is 2.84 bits per heavy atom. The summed E-state index contributed by atoms with van der Waals surface area (Å²) in [7, 11) is 3.98. The third-order valence-electron chi connectivity index (χ3n) is 3.84. The molecule has 1 aromatic heterocycles. The Kier molecular flexibility index (Phi) is 10.8. The van der Waals surface area contributed by atoms with Gasteiger partial charge in [0.05, 0.1) is 6.54 Å². The van der Waals surface area contributed by atoms with E-state index in [0.29, 0.717) is 6.54 Å². The van der Waals surface area contributed by atoms with E-state index in [1.807, 2.05) is 31.3 Å². The molecule has 0 amide bonds. The average Bonchev–Trinajstić information content (AvgIpc) is 3.40. The molecule has 1 saturated carbocycles. The molecule has 0 bridgehead atoms. The monoisotopic (exact) mass is 461 g/mol. The number of pyridine rings is 1. The predicted octanol–water partition coefficient (Wildman–Crippen LogP) is 2.64. The van der Waals surface area contributed by atoms with Gasteiger partial charge in [0.1, 0.15) is 5.82 Å². The van der Waals surface area contributed by atoms with Crippen LogP contribution in [0.5, 0.6) is 0 Å². The van der Waals surface area contributed by atoms with Crippen molar-refractivity contribution in [2.24, 2.45) is 10.9 Å². The summed E-state index contributed by atoms with van der Waals surface area (Å²) in [6, 6.07) is 4.07. The summed E-state index contributed by atoms with van der Waals surface area (Å²) in [6.07, 6.45) is 5.52. The molecule has 1 aromatic rings. The number of nitrogens with one attached hydrogen (secondary N) is 2. The molecule has 6 nitrogen and oxygen atoms in total. The highest BCUT2D eigenvalue weighted by molar-refractivity contribution is 14.0. The van der Waals surface area contributed by atoms with E-state index in [9.17, 15) is 0 Å². The number of halogens is 1. The Bertz CT molecular complexity index is 520. The SMILES string of the molecule is CCNC(=NCc1ccnc(N(C)C)c1)NCCCOCC1CC1.I. The second-order valence-electron chi connectivity index (χ2n) is 6.41. The second kappa shape index (κ2) is 12.3. The first-order valence-corrected chi connectivity index (χ1v) is 8.91.